The van der Waals surface area contributed by atoms with Gasteiger partial charge < -0.3 is 13.9 Å². The Bertz CT molecular complexity index is 533. The van der Waals surface area contributed by atoms with Crippen LogP contribution in [-0.4, -0.2) is 13.4 Å². The van der Waals surface area contributed by atoms with Crippen LogP contribution < -0.4 is 10.4 Å². The fourth-order valence-electron chi connectivity index (χ4n) is 3.04. The SMILES string of the molecule is CCCCCCc1cc(OC)c(CCCCCCCCC=O)c(=O)o1. The summed E-state index contributed by atoms with van der Waals surface area (Å²) in [6, 6.07) is 1.89. The molecule has 1 aromatic heterocycles. The zero-order valence-corrected chi connectivity index (χ0v) is 16.0. The van der Waals surface area contributed by atoms with E-state index in [1.807, 2.05) is 6.07 Å². The summed E-state index contributed by atoms with van der Waals surface area (Å²) >= 11 is 0. The highest BCUT2D eigenvalue weighted by atomic mass is 16.5. The molecule has 142 valence electrons. The van der Waals surface area contributed by atoms with Crippen molar-refractivity contribution < 1.29 is 13.9 Å². The summed E-state index contributed by atoms with van der Waals surface area (Å²) < 4.78 is 10.9. The molecule has 0 aromatic carbocycles. The Morgan fingerprint density at radius 1 is 0.960 bits per heavy atom. The average molecular weight is 350 g/mol. The van der Waals surface area contributed by atoms with Crippen LogP contribution in [0.5, 0.6) is 5.75 Å². The second-order valence-electron chi connectivity index (χ2n) is 6.68. The molecule has 0 N–H and O–H groups in total. The lowest BCUT2D eigenvalue weighted by Gasteiger charge is -2.09. The molecule has 1 rings (SSSR count). The molecule has 0 aliphatic rings. The summed E-state index contributed by atoms with van der Waals surface area (Å²) in [5.41, 5.74) is 0.427. The van der Waals surface area contributed by atoms with Crippen molar-refractivity contribution in [1.82, 2.24) is 0 Å². The van der Waals surface area contributed by atoms with Gasteiger partial charge in [-0.3, -0.25) is 0 Å². The van der Waals surface area contributed by atoms with Gasteiger partial charge in [0.25, 0.3) is 0 Å². The molecule has 1 heterocycles. The zero-order valence-electron chi connectivity index (χ0n) is 16.0. The van der Waals surface area contributed by atoms with Gasteiger partial charge in [-0.1, -0.05) is 51.9 Å². The zero-order chi connectivity index (χ0) is 18.3. The van der Waals surface area contributed by atoms with Gasteiger partial charge in [0, 0.05) is 18.9 Å². The molecule has 0 aliphatic heterocycles. The molecular weight excluding hydrogens is 316 g/mol. The Labute approximate surface area is 152 Å². The summed E-state index contributed by atoms with van der Waals surface area (Å²) in [4.78, 5) is 22.5. The minimum absolute atomic E-state index is 0.240. The smallest absolute Gasteiger partial charge is 0.342 e. The molecule has 0 spiro atoms. The van der Waals surface area contributed by atoms with Crippen LogP contribution in [0.3, 0.4) is 0 Å². The van der Waals surface area contributed by atoms with Gasteiger partial charge in [-0.2, -0.15) is 0 Å². The van der Waals surface area contributed by atoms with Crippen molar-refractivity contribution in [3.63, 3.8) is 0 Å². The first kappa shape index (κ1) is 21.5. The quantitative estimate of drug-likeness (QED) is 0.320. The molecule has 0 fully saturated rings. The number of aryl methyl sites for hydroxylation is 1. The lowest BCUT2D eigenvalue weighted by molar-refractivity contribution is -0.107. The Hall–Kier alpha value is -1.58. The van der Waals surface area contributed by atoms with E-state index in [2.05, 4.69) is 6.92 Å². The fraction of sp³-hybridized carbons (Fsp3) is 0.714. The van der Waals surface area contributed by atoms with Crippen molar-refractivity contribution in [2.24, 2.45) is 0 Å². The Morgan fingerprint density at radius 3 is 2.28 bits per heavy atom. The fourth-order valence-corrected chi connectivity index (χ4v) is 3.04. The van der Waals surface area contributed by atoms with Crippen LogP contribution in [0.2, 0.25) is 0 Å². The highest BCUT2D eigenvalue weighted by Crippen LogP contribution is 2.20. The minimum Gasteiger partial charge on any atom is -0.496 e. The molecule has 0 aliphatic carbocycles. The summed E-state index contributed by atoms with van der Waals surface area (Å²) in [6.45, 7) is 2.18. The maximum absolute atomic E-state index is 12.3. The van der Waals surface area contributed by atoms with Crippen molar-refractivity contribution in [3.05, 3.63) is 27.8 Å². The molecule has 0 saturated carbocycles. The Kier molecular flexibility index (Phi) is 11.7. The minimum atomic E-state index is -0.240. The number of rotatable bonds is 15. The van der Waals surface area contributed by atoms with E-state index in [0.717, 1.165) is 69.8 Å². The van der Waals surface area contributed by atoms with Crippen molar-refractivity contribution >= 4 is 6.29 Å². The van der Waals surface area contributed by atoms with E-state index in [-0.39, 0.29) is 5.63 Å². The number of unbranched alkanes of at least 4 members (excludes halogenated alkanes) is 9. The first-order valence-electron chi connectivity index (χ1n) is 9.86. The number of carbonyl (C=O) groups is 1. The number of aldehydes is 1. The monoisotopic (exact) mass is 350 g/mol. The van der Waals surface area contributed by atoms with Crippen LogP contribution in [0.4, 0.5) is 0 Å². The summed E-state index contributed by atoms with van der Waals surface area (Å²) in [6.07, 6.45) is 14.2. The maximum atomic E-state index is 12.3. The van der Waals surface area contributed by atoms with E-state index in [4.69, 9.17) is 9.15 Å². The van der Waals surface area contributed by atoms with Crippen molar-refractivity contribution in [2.45, 2.75) is 90.4 Å². The molecule has 0 amide bonds. The number of methoxy groups -OCH3 is 1. The summed E-state index contributed by atoms with van der Waals surface area (Å²) in [5.74, 6) is 1.41. The normalized spacial score (nSPS) is 10.8. The molecule has 0 bridgehead atoms. The van der Waals surface area contributed by atoms with E-state index < -0.39 is 0 Å². The van der Waals surface area contributed by atoms with Gasteiger partial charge in [-0.15, -0.1) is 0 Å². The van der Waals surface area contributed by atoms with Gasteiger partial charge in [0.2, 0.25) is 0 Å². The first-order chi connectivity index (χ1) is 12.2. The van der Waals surface area contributed by atoms with Crippen LogP contribution in [0.25, 0.3) is 0 Å². The topological polar surface area (TPSA) is 56.5 Å². The highest BCUT2D eigenvalue weighted by molar-refractivity contribution is 5.48. The Morgan fingerprint density at radius 2 is 1.60 bits per heavy atom. The predicted octanol–water partition coefficient (Wildman–Crippen LogP) is 5.24. The third-order valence-corrected chi connectivity index (χ3v) is 4.56. The molecule has 0 saturated heterocycles. The van der Waals surface area contributed by atoms with Gasteiger partial charge >= 0.3 is 5.63 Å². The second-order valence-corrected chi connectivity index (χ2v) is 6.68. The third-order valence-electron chi connectivity index (χ3n) is 4.56. The molecule has 1 aromatic rings. The van der Waals surface area contributed by atoms with Gasteiger partial charge in [0.15, 0.2) is 0 Å². The van der Waals surface area contributed by atoms with Crippen LogP contribution in [-0.2, 0) is 17.6 Å². The first-order valence-corrected chi connectivity index (χ1v) is 9.86. The van der Waals surface area contributed by atoms with E-state index in [1.165, 1.54) is 12.8 Å². The van der Waals surface area contributed by atoms with Gasteiger partial charge in [-0.05, 0) is 25.7 Å². The number of ether oxygens (including phenoxy) is 1. The van der Waals surface area contributed by atoms with Crippen molar-refractivity contribution in [3.8, 4) is 5.75 Å². The van der Waals surface area contributed by atoms with Crippen LogP contribution in [0.1, 0.15) is 88.9 Å². The summed E-state index contributed by atoms with van der Waals surface area (Å²) in [7, 11) is 1.62. The molecule has 0 radical (unpaired) electrons. The predicted molar refractivity (Wildman–Crippen MR) is 101 cm³/mol. The van der Waals surface area contributed by atoms with Crippen LogP contribution in [0.15, 0.2) is 15.3 Å². The van der Waals surface area contributed by atoms with Crippen LogP contribution >= 0.6 is 0 Å². The van der Waals surface area contributed by atoms with Crippen LogP contribution in [0, 0.1) is 0 Å². The molecule has 25 heavy (non-hydrogen) atoms. The average Bonchev–Trinajstić information content (AvgIpc) is 2.62. The van der Waals surface area contributed by atoms with Gasteiger partial charge in [0.05, 0.1) is 12.7 Å². The molecular formula is C21H34O4. The molecule has 4 heteroatoms. The largest absolute Gasteiger partial charge is 0.496 e. The number of hydrogen-bond acceptors (Lipinski definition) is 4. The van der Waals surface area contributed by atoms with Crippen molar-refractivity contribution in [1.29, 1.82) is 0 Å². The van der Waals surface area contributed by atoms with E-state index >= 15 is 0 Å². The lowest BCUT2D eigenvalue weighted by atomic mass is 10.0. The van der Waals surface area contributed by atoms with Crippen molar-refractivity contribution in [2.75, 3.05) is 7.11 Å². The lowest BCUT2D eigenvalue weighted by Crippen LogP contribution is -2.11. The molecule has 4 nitrogen and oxygen atoms in total. The van der Waals surface area contributed by atoms with E-state index in [0.29, 0.717) is 24.2 Å². The van der Waals surface area contributed by atoms with Gasteiger partial charge in [-0.25, -0.2) is 4.79 Å². The van der Waals surface area contributed by atoms with E-state index in [9.17, 15) is 9.59 Å². The molecule has 0 unspecified atom stereocenters. The second kappa shape index (κ2) is 13.7. The third kappa shape index (κ3) is 8.89. The number of hydrogen-bond donors (Lipinski definition) is 0. The van der Waals surface area contributed by atoms with E-state index in [1.54, 1.807) is 7.11 Å². The number of carbonyl (C=O) groups excluding carboxylic acids is 1. The molecule has 0 atom stereocenters. The Balaban J connectivity index is 2.42. The highest BCUT2D eigenvalue weighted by Gasteiger charge is 2.12. The standard InChI is InChI=1S/C21H34O4/c1-3-4-5-11-14-18-17-20(24-2)19(21(23)25-18)15-12-9-7-6-8-10-13-16-22/h16-17H,3-15H2,1-2H3. The maximum Gasteiger partial charge on any atom is 0.342 e. The summed E-state index contributed by atoms with van der Waals surface area (Å²) in [5, 5.41) is 0. The van der Waals surface area contributed by atoms with Gasteiger partial charge in [0.1, 0.15) is 17.8 Å².